The molecule has 0 aliphatic rings. The van der Waals surface area contributed by atoms with Crippen molar-refractivity contribution in [3.05, 3.63) is 78.9 Å². The molecule has 0 unspecified atom stereocenters. The number of hydrogen-bond acceptors (Lipinski definition) is 6. The minimum atomic E-state index is -0.569. The van der Waals surface area contributed by atoms with Crippen LogP contribution in [0.5, 0.6) is 0 Å². The molecule has 6 aromatic rings. The Morgan fingerprint density at radius 3 is 2.47 bits per heavy atom. The molecule has 0 atom stereocenters. The van der Waals surface area contributed by atoms with Crippen molar-refractivity contribution in [3.63, 3.8) is 0 Å². The SMILES string of the molecule is CC(C)(C#N)c1ccc(-n2c3c4cc(-c5ccc(N)nc5)ccc4ncc3n3cnnc23)cc1. The van der Waals surface area contributed by atoms with Gasteiger partial charge in [-0.15, -0.1) is 10.2 Å². The predicted octanol–water partition coefficient (Wildman–Crippen LogP) is 4.67. The number of pyridine rings is 2. The summed E-state index contributed by atoms with van der Waals surface area (Å²) in [6.45, 7) is 3.83. The lowest BCUT2D eigenvalue weighted by Gasteiger charge is -2.16. The van der Waals surface area contributed by atoms with Crippen molar-refractivity contribution in [1.29, 1.82) is 5.26 Å². The Kier molecular flexibility index (Phi) is 4.16. The molecule has 0 saturated carbocycles. The number of hydrogen-bond donors (Lipinski definition) is 1. The number of nitrogen functional groups attached to an aromatic ring is 1. The van der Waals surface area contributed by atoms with Gasteiger partial charge >= 0.3 is 0 Å². The van der Waals surface area contributed by atoms with Crippen LogP contribution < -0.4 is 5.73 Å². The molecular formula is C26H20N8. The van der Waals surface area contributed by atoms with Gasteiger partial charge in [0.15, 0.2) is 0 Å². The quantitative estimate of drug-likeness (QED) is 0.425. The molecule has 0 fully saturated rings. The molecule has 6 rings (SSSR count). The number of rotatable bonds is 3. The number of nitrogens with two attached hydrogens (primary N) is 1. The van der Waals surface area contributed by atoms with Crippen LogP contribution in [-0.2, 0) is 5.41 Å². The van der Waals surface area contributed by atoms with Crippen molar-refractivity contribution in [1.82, 2.24) is 29.1 Å². The first kappa shape index (κ1) is 19.9. The summed E-state index contributed by atoms with van der Waals surface area (Å²) in [5, 5.41) is 19.0. The van der Waals surface area contributed by atoms with E-state index >= 15 is 0 Å². The minimum absolute atomic E-state index is 0.485. The highest BCUT2D eigenvalue weighted by Crippen LogP contribution is 2.33. The van der Waals surface area contributed by atoms with Gasteiger partial charge in [0.1, 0.15) is 12.1 Å². The van der Waals surface area contributed by atoms with Crippen molar-refractivity contribution < 1.29 is 0 Å². The lowest BCUT2D eigenvalue weighted by Crippen LogP contribution is -2.13. The molecule has 2 aromatic carbocycles. The van der Waals surface area contributed by atoms with E-state index in [0.29, 0.717) is 11.6 Å². The average molecular weight is 445 g/mol. The third-order valence-corrected chi connectivity index (χ3v) is 6.28. The zero-order chi connectivity index (χ0) is 23.4. The summed E-state index contributed by atoms with van der Waals surface area (Å²) in [5.74, 6) is 1.18. The van der Waals surface area contributed by atoms with E-state index in [0.717, 1.165) is 44.3 Å². The second-order valence-electron chi connectivity index (χ2n) is 8.82. The molecule has 4 aromatic heterocycles. The molecule has 4 heterocycles. The lowest BCUT2D eigenvalue weighted by atomic mass is 9.86. The van der Waals surface area contributed by atoms with Crippen molar-refractivity contribution >= 4 is 33.5 Å². The molecule has 2 N–H and O–H groups in total. The number of nitrogens with zero attached hydrogens (tertiary/aromatic N) is 7. The maximum Gasteiger partial charge on any atom is 0.241 e. The molecule has 0 aliphatic carbocycles. The normalized spacial score (nSPS) is 11.9. The Hall–Kier alpha value is -4.77. The van der Waals surface area contributed by atoms with Crippen molar-refractivity contribution in [3.8, 4) is 22.9 Å². The van der Waals surface area contributed by atoms with Gasteiger partial charge in [0, 0.05) is 22.8 Å². The number of imidazole rings is 1. The zero-order valence-corrected chi connectivity index (χ0v) is 18.6. The summed E-state index contributed by atoms with van der Waals surface area (Å²) >= 11 is 0. The fourth-order valence-electron chi connectivity index (χ4n) is 4.32. The fourth-order valence-corrected chi connectivity index (χ4v) is 4.32. The first-order valence-corrected chi connectivity index (χ1v) is 10.8. The van der Waals surface area contributed by atoms with E-state index < -0.39 is 5.41 Å². The van der Waals surface area contributed by atoms with Crippen molar-refractivity contribution in [2.45, 2.75) is 19.3 Å². The van der Waals surface area contributed by atoms with Gasteiger partial charge in [-0.25, -0.2) is 4.98 Å². The molecular weight excluding hydrogens is 424 g/mol. The van der Waals surface area contributed by atoms with Crippen LogP contribution in [0.1, 0.15) is 19.4 Å². The third kappa shape index (κ3) is 2.91. The highest BCUT2D eigenvalue weighted by Gasteiger charge is 2.21. The Balaban J connectivity index is 1.64. The smallest absolute Gasteiger partial charge is 0.241 e. The first-order valence-electron chi connectivity index (χ1n) is 10.8. The van der Waals surface area contributed by atoms with Gasteiger partial charge in [0.25, 0.3) is 0 Å². The average Bonchev–Trinajstić information content (AvgIpc) is 3.45. The summed E-state index contributed by atoms with van der Waals surface area (Å²) in [4.78, 5) is 8.93. The lowest BCUT2D eigenvalue weighted by molar-refractivity contribution is 0.687. The molecule has 34 heavy (non-hydrogen) atoms. The molecule has 8 nitrogen and oxygen atoms in total. The fraction of sp³-hybridized carbons (Fsp3) is 0.115. The number of benzene rings is 2. The van der Waals surface area contributed by atoms with Crippen LogP contribution in [0.2, 0.25) is 0 Å². The van der Waals surface area contributed by atoms with E-state index in [1.165, 1.54) is 0 Å². The van der Waals surface area contributed by atoms with E-state index in [9.17, 15) is 5.26 Å². The zero-order valence-electron chi connectivity index (χ0n) is 18.6. The van der Waals surface area contributed by atoms with Gasteiger partial charge in [-0.3, -0.25) is 14.0 Å². The molecule has 0 spiro atoms. The topological polar surface area (TPSA) is 111 Å². The Labute approximate surface area is 194 Å². The number of nitriles is 1. The maximum atomic E-state index is 9.51. The van der Waals surface area contributed by atoms with E-state index in [1.54, 1.807) is 18.6 Å². The van der Waals surface area contributed by atoms with Gasteiger partial charge in [-0.1, -0.05) is 18.2 Å². The van der Waals surface area contributed by atoms with E-state index in [4.69, 9.17) is 10.7 Å². The second kappa shape index (κ2) is 7.12. The van der Waals surface area contributed by atoms with Crippen LogP contribution in [0.15, 0.2) is 73.3 Å². The minimum Gasteiger partial charge on any atom is -0.384 e. The molecule has 0 saturated heterocycles. The van der Waals surface area contributed by atoms with Gasteiger partial charge in [0.05, 0.1) is 34.2 Å². The van der Waals surface area contributed by atoms with E-state index in [-0.39, 0.29) is 0 Å². The predicted molar refractivity (Wildman–Crippen MR) is 131 cm³/mol. The van der Waals surface area contributed by atoms with Crippen LogP contribution in [0.3, 0.4) is 0 Å². The van der Waals surface area contributed by atoms with Crippen LogP contribution in [0.4, 0.5) is 5.82 Å². The Bertz CT molecular complexity index is 1730. The summed E-state index contributed by atoms with van der Waals surface area (Å²) in [6, 6.07) is 20.3. The van der Waals surface area contributed by atoms with Crippen molar-refractivity contribution in [2.75, 3.05) is 5.73 Å². The number of anilines is 1. The van der Waals surface area contributed by atoms with Crippen LogP contribution in [0.25, 0.3) is 44.5 Å². The molecule has 0 amide bonds. The standard InChI is InChI=1S/C26H20N8/c1-26(2,14-27)18-5-7-19(8-6-18)34-24-20-11-16(17-4-10-23(28)30-12-17)3-9-21(20)29-13-22(24)33-15-31-32-25(33)34/h3-13,15H,1-2H3,(H2,28,30). The highest BCUT2D eigenvalue weighted by atomic mass is 15.3. The number of fused-ring (bicyclic) bond motifs is 5. The maximum absolute atomic E-state index is 9.51. The molecule has 0 aliphatic heterocycles. The molecule has 0 radical (unpaired) electrons. The monoisotopic (exact) mass is 444 g/mol. The largest absolute Gasteiger partial charge is 0.384 e. The highest BCUT2D eigenvalue weighted by molar-refractivity contribution is 6.06. The van der Waals surface area contributed by atoms with E-state index in [2.05, 4.69) is 31.9 Å². The first-order chi connectivity index (χ1) is 16.5. The van der Waals surface area contributed by atoms with Crippen LogP contribution in [0, 0.1) is 11.3 Å². The van der Waals surface area contributed by atoms with Crippen molar-refractivity contribution in [2.24, 2.45) is 0 Å². The molecule has 8 heteroatoms. The van der Waals surface area contributed by atoms with E-state index in [1.807, 2.05) is 66.9 Å². The summed E-state index contributed by atoms with van der Waals surface area (Å²) in [5.41, 5.74) is 11.8. The van der Waals surface area contributed by atoms with Crippen LogP contribution >= 0.6 is 0 Å². The van der Waals surface area contributed by atoms with Gasteiger partial charge in [-0.2, -0.15) is 5.26 Å². The molecule has 164 valence electrons. The Morgan fingerprint density at radius 2 is 1.74 bits per heavy atom. The third-order valence-electron chi connectivity index (χ3n) is 6.28. The number of aromatic nitrogens is 6. The summed E-state index contributed by atoms with van der Waals surface area (Å²) < 4.78 is 4.02. The summed E-state index contributed by atoms with van der Waals surface area (Å²) in [7, 11) is 0. The van der Waals surface area contributed by atoms with Gasteiger partial charge in [-0.05, 0) is 61.4 Å². The molecule has 0 bridgehead atoms. The second-order valence-corrected chi connectivity index (χ2v) is 8.82. The Morgan fingerprint density at radius 1 is 0.941 bits per heavy atom. The summed E-state index contributed by atoms with van der Waals surface area (Å²) in [6.07, 6.45) is 5.32. The van der Waals surface area contributed by atoms with Gasteiger partial charge in [0.2, 0.25) is 5.78 Å². The van der Waals surface area contributed by atoms with Crippen LogP contribution in [-0.4, -0.2) is 29.1 Å². The van der Waals surface area contributed by atoms with Gasteiger partial charge < -0.3 is 5.73 Å².